The fourth-order valence-electron chi connectivity index (χ4n) is 1.84. The number of ether oxygens (including phenoxy) is 1. The third-order valence-corrected chi connectivity index (χ3v) is 3.15. The molecule has 0 saturated heterocycles. The van der Waals surface area contributed by atoms with E-state index in [4.69, 9.17) is 20.8 Å². The van der Waals surface area contributed by atoms with Gasteiger partial charge in [0.05, 0.1) is 0 Å². The molecule has 1 atom stereocenters. The van der Waals surface area contributed by atoms with E-state index in [-0.39, 0.29) is 5.78 Å². The number of benzene rings is 1. The van der Waals surface area contributed by atoms with Gasteiger partial charge in [-0.15, -0.1) is 0 Å². The van der Waals surface area contributed by atoms with Crippen molar-refractivity contribution in [3.63, 3.8) is 0 Å². The predicted molar refractivity (Wildman–Crippen MR) is 83.8 cm³/mol. The first kappa shape index (κ1) is 16.0. The van der Waals surface area contributed by atoms with E-state index in [1.807, 2.05) is 0 Å². The number of hydrogen-bond acceptors (Lipinski definition) is 4. The van der Waals surface area contributed by atoms with Crippen LogP contribution in [-0.2, 0) is 9.53 Å². The molecule has 4 nitrogen and oxygen atoms in total. The second kappa shape index (κ2) is 7.09. The molecule has 0 bridgehead atoms. The summed E-state index contributed by atoms with van der Waals surface area (Å²) in [7, 11) is 0. The minimum atomic E-state index is -0.894. The van der Waals surface area contributed by atoms with Gasteiger partial charge in [-0.3, -0.25) is 4.79 Å². The topological polar surface area (TPSA) is 56.5 Å². The summed E-state index contributed by atoms with van der Waals surface area (Å²) in [6.07, 6.45) is 1.82. The number of carbonyl (C=O) groups excluding carboxylic acids is 2. The molecule has 0 aliphatic rings. The predicted octanol–water partition coefficient (Wildman–Crippen LogP) is 4.07. The molecular formula is C17H15ClO4. The minimum absolute atomic E-state index is 0.307. The number of carbonyl (C=O) groups is 2. The molecule has 2 aromatic rings. The Balaban J connectivity index is 1.96. The van der Waals surface area contributed by atoms with Crippen molar-refractivity contribution in [1.82, 2.24) is 0 Å². The van der Waals surface area contributed by atoms with Crippen molar-refractivity contribution in [3.05, 3.63) is 64.6 Å². The van der Waals surface area contributed by atoms with Crippen LogP contribution in [0.5, 0.6) is 0 Å². The van der Waals surface area contributed by atoms with Crippen LogP contribution < -0.4 is 0 Å². The molecule has 0 aliphatic heterocycles. The van der Waals surface area contributed by atoms with Crippen molar-refractivity contribution >= 4 is 29.4 Å². The summed E-state index contributed by atoms with van der Waals surface area (Å²) in [6.45, 7) is 3.33. The molecule has 1 heterocycles. The van der Waals surface area contributed by atoms with E-state index in [9.17, 15) is 9.59 Å². The van der Waals surface area contributed by atoms with Crippen molar-refractivity contribution in [2.45, 2.75) is 20.0 Å². The van der Waals surface area contributed by atoms with E-state index >= 15 is 0 Å². The normalized spacial score (nSPS) is 12.3. The number of rotatable bonds is 5. The summed E-state index contributed by atoms with van der Waals surface area (Å²) >= 11 is 5.84. The molecule has 0 amide bonds. The zero-order valence-corrected chi connectivity index (χ0v) is 13.0. The summed E-state index contributed by atoms with van der Waals surface area (Å²) < 4.78 is 10.4. The first-order valence-electron chi connectivity index (χ1n) is 6.70. The Hall–Kier alpha value is -2.33. The molecule has 0 saturated carbocycles. The Bertz CT molecular complexity index is 715. The fourth-order valence-corrected chi connectivity index (χ4v) is 2.03. The Morgan fingerprint density at radius 1 is 1.27 bits per heavy atom. The third kappa shape index (κ3) is 4.33. The quantitative estimate of drug-likeness (QED) is 0.474. The van der Waals surface area contributed by atoms with Gasteiger partial charge in [-0.25, -0.2) is 4.79 Å². The lowest BCUT2D eigenvalue weighted by molar-refractivity contribution is -0.140. The third-order valence-electron chi connectivity index (χ3n) is 2.92. The van der Waals surface area contributed by atoms with Crippen molar-refractivity contribution in [1.29, 1.82) is 0 Å². The second-order valence-corrected chi connectivity index (χ2v) is 5.17. The number of halogens is 1. The van der Waals surface area contributed by atoms with Crippen LogP contribution in [0.15, 0.2) is 46.9 Å². The monoisotopic (exact) mass is 318 g/mol. The van der Waals surface area contributed by atoms with Gasteiger partial charge in [0.1, 0.15) is 11.5 Å². The SMILES string of the molecule is Cc1ccc(/C=C/C(=O)O[C@H](C)C(=O)c2cccc(Cl)c2)o1. The number of aryl methyl sites for hydroxylation is 1. The highest BCUT2D eigenvalue weighted by Gasteiger charge is 2.18. The molecule has 0 unspecified atom stereocenters. The standard InChI is InChI=1S/C17H15ClO4/c1-11-6-7-15(21-11)8-9-16(19)22-12(2)17(20)13-4-3-5-14(18)10-13/h3-10,12H,1-2H3/b9-8+/t12-/m1/s1. The zero-order chi connectivity index (χ0) is 16.1. The summed E-state index contributed by atoms with van der Waals surface area (Å²) in [5.41, 5.74) is 0.401. The van der Waals surface area contributed by atoms with E-state index in [0.717, 1.165) is 5.76 Å². The van der Waals surface area contributed by atoms with Gasteiger partial charge in [0.15, 0.2) is 6.10 Å². The molecule has 0 aliphatic carbocycles. The van der Waals surface area contributed by atoms with Crippen LogP contribution in [0.1, 0.15) is 28.8 Å². The van der Waals surface area contributed by atoms with E-state index in [1.165, 1.54) is 25.1 Å². The van der Waals surface area contributed by atoms with Crippen LogP contribution in [0.25, 0.3) is 6.08 Å². The smallest absolute Gasteiger partial charge is 0.331 e. The first-order chi connectivity index (χ1) is 10.5. The lowest BCUT2D eigenvalue weighted by atomic mass is 10.1. The Kier molecular flexibility index (Phi) is 5.17. The highest BCUT2D eigenvalue weighted by Crippen LogP contribution is 2.14. The van der Waals surface area contributed by atoms with Crippen molar-refractivity contribution in [2.24, 2.45) is 0 Å². The summed E-state index contributed by atoms with van der Waals surface area (Å²) in [6, 6.07) is 10.0. The molecule has 22 heavy (non-hydrogen) atoms. The van der Waals surface area contributed by atoms with E-state index in [0.29, 0.717) is 16.3 Å². The summed E-state index contributed by atoms with van der Waals surface area (Å²) in [5.74, 6) is 0.371. The summed E-state index contributed by atoms with van der Waals surface area (Å²) in [4.78, 5) is 23.8. The molecule has 0 N–H and O–H groups in total. The minimum Gasteiger partial charge on any atom is -0.462 e. The molecule has 0 spiro atoms. The van der Waals surface area contributed by atoms with Crippen LogP contribution >= 0.6 is 11.6 Å². The largest absolute Gasteiger partial charge is 0.462 e. The molecule has 5 heteroatoms. The van der Waals surface area contributed by atoms with E-state index in [1.54, 1.807) is 37.3 Å². The van der Waals surface area contributed by atoms with Gasteiger partial charge in [0, 0.05) is 16.7 Å². The van der Waals surface area contributed by atoms with Crippen LogP contribution in [0, 0.1) is 6.92 Å². The van der Waals surface area contributed by atoms with Gasteiger partial charge < -0.3 is 9.15 Å². The van der Waals surface area contributed by atoms with Crippen LogP contribution in [0.4, 0.5) is 0 Å². The number of hydrogen-bond donors (Lipinski definition) is 0. The highest BCUT2D eigenvalue weighted by molar-refractivity contribution is 6.31. The molecule has 1 aromatic heterocycles. The van der Waals surface area contributed by atoms with Crippen LogP contribution in [0.2, 0.25) is 5.02 Å². The average molecular weight is 319 g/mol. The van der Waals surface area contributed by atoms with Crippen LogP contribution in [0.3, 0.4) is 0 Å². The summed E-state index contributed by atoms with van der Waals surface area (Å²) in [5, 5.41) is 0.456. The van der Waals surface area contributed by atoms with Gasteiger partial charge in [-0.2, -0.15) is 0 Å². The van der Waals surface area contributed by atoms with E-state index in [2.05, 4.69) is 0 Å². The van der Waals surface area contributed by atoms with Crippen molar-refractivity contribution < 1.29 is 18.7 Å². The molecule has 0 fully saturated rings. The maximum Gasteiger partial charge on any atom is 0.331 e. The Labute approximate surface area is 133 Å². The van der Waals surface area contributed by atoms with Crippen molar-refractivity contribution in [3.8, 4) is 0 Å². The Morgan fingerprint density at radius 3 is 2.68 bits per heavy atom. The van der Waals surface area contributed by atoms with E-state index < -0.39 is 12.1 Å². The fraction of sp³-hybridized carbons (Fsp3) is 0.176. The lowest BCUT2D eigenvalue weighted by Gasteiger charge is -2.10. The van der Waals surface area contributed by atoms with Crippen LogP contribution in [-0.4, -0.2) is 17.9 Å². The number of esters is 1. The van der Waals surface area contributed by atoms with Gasteiger partial charge in [-0.05, 0) is 44.2 Å². The van der Waals surface area contributed by atoms with Gasteiger partial charge in [0.25, 0.3) is 0 Å². The van der Waals surface area contributed by atoms with Gasteiger partial charge in [0.2, 0.25) is 5.78 Å². The molecule has 114 valence electrons. The maximum absolute atomic E-state index is 12.1. The van der Waals surface area contributed by atoms with Gasteiger partial charge >= 0.3 is 5.97 Å². The van der Waals surface area contributed by atoms with Crippen molar-refractivity contribution in [2.75, 3.05) is 0 Å². The van der Waals surface area contributed by atoms with Gasteiger partial charge in [-0.1, -0.05) is 23.7 Å². The number of Topliss-reactive ketones (excluding diaryl/α,β-unsaturated/α-hetero) is 1. The maximum atomic E-state index is 12.1. The molecule has 1 aromatic carbocycles. The highest BCUT2D eigenvalue weighted by atomic mass is 35.5. The second-order valence-electron chi connectivity index (χ2n) is 4.74. The number of ketones is 1. The number of furan rings is 1. The molecule has 2 rings (SSSR count). The molecule has 0 radical (unpaired) electrons. The molecular weight excluding hydrogens is 304 g/mol. The zero-order valence-electron chi connectivity index (χ0n) is 12.2. The Morgan fingerprint density at radius 2 is 2.05 bits per heavy atom. The average Bonchev–Trinajstić information content (AvgIpc) is 2.90. The lowest BCUT2D eigenvalue weighted by Crippen LogP contribution is -2.23. The first-order valence-corrected chi connectivity index (χ1v) is 7.08.